The fourth-order valence-electron chi connectivity index (χ4n) is 3.94. The molecule has 180 valence electrons. The highest BCUT2D eigenvalue weighted by molar-refractivity contribution is 7.17. The first-order valence-electron chi connectivity index (χ1n) is 10.9. The van der Waals surface area contributed by atoms with Crippen LogP contribution < -0.4 is 4.90 Å². The van der Waals surface area contributed by atoms with E-state index in [0.717, 1.165) is 16.9 Å². The van der Waals surface area contributed by atoms with E-state index in [4.69, 9.17) is 16.3 Å². The van der Waals surface area contributed by atoms with E-state index in [-0.39, 0.29) is 27.3 Å². The van der Waals surface area contributed by atoms with Crippen LogP contribution in [0.5, 0.6) is 0 Å². The predicted molar refractivity (Wildman–Crippen MR) is 135 cm³/mol. The van der Waals surface area contributed by atoms with E-state index in [1.165, 1.54) is 12.0 Å². The molecule has 7 nitrogen and oxygen atoms in total. The molecule has 1 aliphatic heterocycles. The molecule has 3 aromatic rings. The van der Waals surface area contributed by atoms with E-state index < -0.39 is 23.7 Å². The van der Waals surface area contributed by atoms with Gasteiger partial charge in [-0.15, -0.1) is 0 Å². The standard InChI is InChI=1S/C26H23ClN2O5S/c1-13(2)15-5-7-16(8-6-15)20-19(21(30)17-9-11-18(27)12-10-17)22(31)24(32)29(20)26-28-14(3)23(35-26)25(33)34-4/h5-13,20,30H,1-4H3. The number of rotatable bonds is 5. The number of ketones is 1. The van der Waals surface area contributed by atoms with Crippen LogP contribution in [0, 0.1) is 6.92 Å². The van der Waals surface area contributed by atoms with Gasteiger partial charge in [-0.3, -0.25) is 14.5 Å². The number of nitrogens with zero attached hydrogens (tertiary/aromatic N) is 2. The molecule has 1 saturated heterocycles. The van der Waals surface area contributed by atoms with Gasteiger partial charge >= 0.3 is 11.9 Å². The number of amides is 1. The van der Waals surface area contributed by atoms with Crippen molar-refractivity contribution < 1.29 is 24.2 Å². The molecule has 2 heterocycles. The maximum Gasteiger partial charge on any atom is 0.350 e. The lowest BCUT2D eigenvalue weighted by atomic mass is 9.93. The number of hydrogen-bond acceptors (Lipinski definition) is 7. The van der Waals surface area contributed by atoms with Gasteiger partial charge in [-0.2, -0.15) is 0 Å². The molecule has 1 aliphatic rings. The molecule has 0 saturated carbocycles. The van der Waals surface area contributed by atoms with E-state index in [1.54, 1.807) is 31.2 Å². The van der Waals surface area contributed by atoms with Crippen LogP contribution in [-0.2, 0) is 14.3 Å². The SMILES string of the molecule is COC(=O)c1sc(N2C(=O)C(=O)C(=C(O)c3ccc(Cl)cc3)C2c2ccc(C(C)C)cc2)nc1C. The molecule has 0 spiro atoms. The first-order chi connectivity index (χ1) is 16.6. The lowest BCUT2D eigenvalue weighted by Crippen LogP contribution is -2.29. The Hall–Kier alpha value is -3.49. The number of carbonyl (C=O) groups excluding carboxylic acids is 3. The number of Topliss-reactive ketones (excluding diaryl/α,β-unsaturated/α-hetero) is 1. The van der Waals surface area contributed by atoms with Gasteiger partial charge in [0, 0.05) is 10.6 Å². The third kappa shape index (κ3) is 4.47. The van der Waals surface area contributed by atoms with Gasteiger partial charge in [-0.25, -0.2) is 9.78 Å². The van der Waals surface area contributed by atoms with Crippen molar-refractivity contribution in [2.24, 2.45) is 0 Å². The number of aliphatic hydroxyl groups excluding tert-OH is 1. The zero-order valence-electron chi connectivity index (χ0n) is 19.5. The number of ether oxygens (including phenoxy) is 1. The Morgan fingerprint density at radius 3 is 2.31 bits per heavy atom. The van der Waals surface area contributed by atoms with E-state index >= 15 is 0 Å². The number of benzene rings is 2. The summed E-state index contributed by atoms with van der Waals surface area (Å²) in [4.78, 5) is 44.6. The average Bonchev–Trinajstić information content (AvgIpc) is 3.35. The lowest BCUT2D eigenvalue weighted by Gasteiger charge is -2.23. The molecule has 1 unspecified atom stereocenters. The van der Waals surface area contributed by atoms with E-state index in [9.17, 15) is 19.5 Å². The number of halogens is 1. The average molecular weight is 511 g/mol. The Bertz CT molecular complexity index is 1340. The summed E-state index contributed by atoms with van der Waals surface area (Å²) in [6, 6.07) is 12.9. The monoisotopic (exact) mass is 510 g/mol. The third-order valence-corrected chi connectivity index (χ3v) is 7.23. The highest BCUT2D eigenvalue weighted by Crippen LogP contribution is 2.44. The van der Waals surface area contributed by atoms with Gasteiger partial charge in [0.15, 0.2) is 5.13 Å². The Morgan fingerprint density at radius 1 is 1.11 bits per heavy atom. The maximum atomic E-state index is 13.3. The number of anilines is 1. The van der Waals surface area contributed by atoms with Crippen molar-refractivity contribution in [3.63, 3.8) is 0 Å². The van der Waals surface area contributed by atoms with Crippen molar-refractivity contribution in [3.8, 4) is 0 Å². The molecule has 9 heteroatoms. The Labute approximate surface area is 211 Å². The Kier molecular flexibility index (Phi) is 6.78. The Balaban J connectivity index is 1.92. The normalized spacial score (nSPS) is 17.3. The molecular formula is C26H23ClN2O5S. The minimum absolute atomic E-state index is 0.0675. The number of aliphatic hydroxyl groups is 1. The summed E-state index contributed by atoms with van der Waals surface area (Å²) >= 11 is 6.94. The van der Waals surface area contributed by atoms with Crippen molar-refractivity contribution in [2.45, 2.75) is 32.7 Å². The van der Waals surface area contributed by atoms with Crippen molar-refractivity contribution in [1.29, 1.82) is 0 Å². The minimum atomic E-state index is -0.942. The first-order valence-corrected chi connectivity index (χ1v) is 12.1. The van der Waals surface area contributed by atoms with Crippen LogP contribution in [0.15, 0.2) is 54.1 Å². The molecule has 0 bridgehead atoms. The molecule has 1 N–H and O–H groups in total. The van der Waals surface area contributed by atoms with Gasteiger partial charge in [0.05, 0.1) is 24.4 Å². The van der Waals surface area contributed by atoms with Gasteiger partial charge in [-0.1, -0.05) is 61.1 Å². The van der Waals surface area contributed by atoms with Crippen LogP contribution in [-0.4, -0.2) is 34.9 Å². The van der Waals surface area contributed by atoms with Crippen LogP contribution >= 0.6 is 22.9 Å². The molecule has 2 aromatic carbocycles. The summed E-state index contributed by atoms with van der Waals surface area (Å²) in [6.07, 6.45) is 0. The summed E-state index contributed by atoms with van der Waals surface area (Å²) in [6.45, 7) is 5.76. The van der Waals surface area contributed by atoms with Gasteiger partial charge in [-0.05, 0) is 48.2 Å². The van der Waals surface area contributed by atoms with Crippen LogP contribution in [0.3, 0.4) is 0 Å². The molecule has 35 heavy (non-hydrogen) atoms. The quantitative estimate of drug-likeness (QED) is 0.206. The molecular weight excluding hydrogens is 488 g/mol. The van der Waals surface area contributed by atoms with Crippen LogP contribution in [0.2, 0.25) is 5.02 Å². The number of hydrogen-bond donors (Lipinski definition) is 1. The lowest BCUT2D eigenvalue weighted by molar-refractivity contribution is -0.132. The van der Waals surface area contributed by atoms with Gasteiger partial charge in [0.25, 0.3) is 5.78 Å². The first kappa shape index (κ1) is 24.6. The Morgan fingerprint density at radius 2 is 1.74 bits per heavy atom. The number of aryl methyl sites for hydroxylation is 1. The maximum absolute atomic E-state index is 13.3. The van der Waals surface area contributed by atoms with E-state index in [0.29, 0.717) is 21.8 Å². The van der Waals surface area contributed by atoms with Crippen LogP contribution in [0.4, 0.5) is 5.13 Å². The van der Waals surface area contributed by atoms with Crippen molar-refractivity contribution >= 4 is 51.5 Å². The number of thiazole rings is 1. The van der Waals surface area contributed by atoms with E-state index in [2.05, 4.69) is 18.8 Å². The molecule has 1 amide bonds. The summed E-state index contributed by atoms with van der Waals surface area (Å²) in [5, 5.41) is 11.8. The minimum Gasteiger partial charge on any atom is -0.507 e. The second-order valence-electron chi connectivity index (χ2n) is 8.40. The predicted octanol–water partition coefficient (Wildman–Crippen LogP) is 5.64. The van der Waals surface area contributed by atoms with Gasteiger partial charge in [0.2, 0.25) is 0 Å². The number of methoxy groups -OCH3 is 1. The highest BCUT2D eigenvalue weighted by atomic mass is 35.5. The molecule has 1 fully saturated rings. The zero-order valence-corrected chi connectivity index (χ0v) is 21.1. The summed E-state index contributed by atoms with van der Waals surface area (Å²) in [5.74, 6) is -2.30. The van der Waals surface area contributed by atoms with Crippen molar-refractivity contribution in [2.75, 3.05) is 12.0 Å². The second-order valence-corrected chi connectivity index (χ2v) is 9.81. The summed E-state index contributed by atoms with van der Waals surface area (Å²) < 4.78 is 4.82. The van der Waals surface area contributed by atoms with Crippen molar-refractivity contribution in [3.05, 3.63) is 86.4 Å². The summed E-state index contributed by atoms with van der Waals surface area (Å²) in [7, 11) is 1.26. The van der Waals surface area contributed by atoms with Gasteiger partial charge < -0.3 is 9.84 Å². The second kappa shape index (κ2) is 9.64. The molecule has 1 atom stereocenters. The smallest absolute Gasteiger partial charge is 0.350 e. The van der Waals surface area contributed by atoms with Gasteiger partial charge in [0.1, 0.15) is 10.6 Å². The van der Waals surface area contributed by atoms with Crippen LogP contribution in [0.1, 0.15) is 57.9 Å². The number of carbonyl (C=O) groups is 3. The van der Waals surface area contributed by atoms with Crippen molar-refractivity contribution in [1.82, 2.24) is 4.98 Å². The van der Waals surface area contributed by atoms with Crippen LogP contribution in [0.25, 0.3) is 5.76 Å². The summed E-state index contributed by atoms with van der Waals surface area (Å²) in [5.41, 5.74) is 2.37. The van der Waals surface area contributed by atoms with E-state index in [1.807, 2.05) is 24.3 Å². The fourth-order valence-corrected chi connectivity index (χ4v) is 5.08. The largest absolute Gasteiger partial charge is 0.507 e. The molecule has 0 radical (unpaired) electrons. The topological polar surface area (TPSA) is 96.8 Å². The number of esters is 1. The highest BCUT2D eigenvalue weighted by Gasteiger charge is 2.48. The molecule has 0 aliphatic carbocycles. The molecule has 1 aromatic heterocycles. The molecule has 4 rings (SSSR count). The fraction of sp³-hybridized carbons (Fsp3) is 0.231. The number of aromatic nitrogens is 1. The zero-order chi connectivity index (χ0) is 25.4. The third-order valence-electron chi connectivity index (χ3n) is 5.84.